The number of nitrogens with one attached hydrogen (secondary N) is 1. The van der Waals surface area contributed by atoms with E-state index in [1.165, 1.54) is 18.6 Å². The summed E-state index contributed by atoms with van der Waals surface area (Å²) >= 11 is 7.93. The molecule has 0 spiro atoms. The van der Waals surface area contributed by atoms with Crippen molar-refractivity contribution in [1.29, 1.82) is 0 Å². The SMILES string of the molecule is CSCCCCNC(C)c1cccnc1Cl. The van der Waals surface area contributed by atoms with E-state index in [1.54, 1.807) is 6.20 Å². The molecule has 1 rings (SSSR count). The minimum atomic E-state index is 0.274. The first kappa shape index (κ1) is 13.8. The Balaban J connectivity index is 2.30. The van der Waals surface area contributed by atoms with Gasteiger partial charge in [-0.25, -0.2) is 4.98 Å². The Morgan fingerprint density at radius 1 is 1.50 bits per heavy atom. The van der Waals surface area contributed by atoms with E-state index in [1.807, 2.05) is 23.9 Å². The molecule has 4 heteroatoms. The summed E-state index contributed by atoms with van der Waals surface area (Å²) in [5.41, 5.74) is 1.08. The Bertz CT molecular complexity index is 307. The van der Waals surface area contributed by atoms with Crippen molar-refractivity contribution in [2.75, 3.05) is 18.6 Å². The van der Waals surface area contributed by atoms with Gasteiger partial charge in [-0.3, -0.25) is 0 Å². The Kier molecular flexibility index (Phi) is 6.85. The highest BCUT2D eigenvalue weighted by molar-refractivity contribution is 7.98. The molecular formula is C12H19ClN2S. The van der Waals surface area contributed by atoms with Gasteiger partial charge in [-0.15, -0.1) is 0 Å². The van der Waals surface area contributed by atoms with Crippen molar-refractivity contribution < 1.29 is 0 Å². The largest absolute Gasteiger partial charge is 0.310 e. The summed E-state index contributed by atoms with van der Waals surface area (Å²) in [6.07, 6.45) is 6.34. The molecule has 1 aromatic rings. The molecule has 16 heavy (non-hydrogen) atoms. The Labute approximate surface area is 107 Å². The molecule has 0 aliphatic carbocycles. The lowest BCUT2D eigenvalue weighted by atomic mass is 10.1. The molecule has 1 heterocycles. The Morgan fingerprint density at radius 3 is 3.00 bits per heavy atom. The maximum absolute atomic E-state index is 6.03. The number of rotatable bonds is 7. The van der Waals surface area contributed by atoms with E-state index in [0.717, 1.165) is 12.1 Å². The average molecular weight is 259 g/mol. The molecule has 0 aromatic carbocycles. The third-order valence-electron chi connectivity index (χ3n) is 2.48. The second-order valence-corrected chi connectivity index (χ2v) is 5.10. The van der Waals surface area contributed by atoms with Gasteiger partial charge >= 0.3 is 0 Å². The second kappa shape index (κ2) is 7.93. The summed E-state index contributed by atoms with van der Waals surface area (Å²) in [5.74, 6) is 1.24. The molecular weight excluding hydrogens is 240 g/mol. The van der Waals surface area contributed by atoms with Gasteiger partial charge in [0.1, 0.15) is 5.15 Å². The van der Waals surface area contributed by atoms with Crippen LogP contribution in [0.1, 0.15) is 31.4 Å². The quantitative estimate of drug-likeness (QED) is 0.598. The fraction of sp³-hybridized carbons (Fsp3) is 0.583. The molecule has 90 valence electrons. The lowest BCUT2D eigenvalue weighted by Gasteiger charge is -2.14. The zero-order valence-electron chi connectivity index (χ0n) is 9.87. The van der Waals surface area contributed by atoms with Crippen molar-refractivity contribution in [1.82, 2.24) is 10.3 Å². The zero-order valence-corrected chi connectivity index (χ0v) is 11.4. The van der Waals surface area contributed by atoms with Gasteiger partial charge in [-0.05, 0) is 44.4 Å². The average Bonchev–Trinajstić information content (AvgIpc) is 2.29. The molecule has 1 unspecified atom stereocenters. The van der Waals surface area contributed by atoms with Crippen LogP contribution in [0.4, 0.5) is 0 Å². The summed E-state index contributed by atoms with van der Waals surface area (Å²) in [4.78, 5) is 4.08. The number of aromatic nitrogens is 1. The molecule has 0 saturated heterocycles. The van der Waals surface area contributed by atoms with Crippen molar-refractivity contribution in [2.45, 2.75) is 25.8 Å². The van der Waals surface area contributed by atoms with Crippen molar-refractivity contribution in [3.8, 4) is 0 Å². The number of nitrogens with zero attached hydrogens (tertiary/aromatic N) is 1. The Hall–Kier alpha value is -0.250. The summed E-state index contributed by atoms with van der Waals surface area (Å²) in [7, 11) is 0. The van der Waals surface area contributed by atoms with Gasteiger partial charge in [0.05, 0.1) is 0 Å². The lowest BCUT2D eigenvalue weighted by molar-refractivity contribution is 0.554. The molecule has 0 saturated carbocycles. The van der Waals surface area contributed by atoms with Crippen LogP contribution in [0, 0.1) is 0 Å². The van der Waals surface area contributed by atoms with Gasteiger partial charge in [0.2, 0.25) is 0 Å². The monoisotopic (exact) mass is 258 g/mol. The van der Waals surface area contributed by atoms with E-state index in [2.05, 4.69) is 23.5 Å². The molecule has 1 atom stereocenters. The van der Waals surface area contributed by atoms with Gasteiger partial charge in [0.15, 0.2) is 0 Å². The molecule has 1 N–H and O–H groups in total. The molecule has 0 fully saturated rings. The van der Waals surface area contributed by atoms with Crippen LogP contribution < -0.4 is 5.32 Å². The topological polar surface area (TPSA) is 24.9 Å². The van der Waals surface area contributed by atoms with E-state index >= 15 is 0 Å². The van der Waals surface area contributed by atoms with Crippen LogP contribution in [-0.2, 0) is 0 Å². The number of halogens is 1. The third kappa shape index (κ3) is 4.73. The maximum Gasteiger partial charge on any atom is 0.133 e. The predicted octanol–water partition coefficient (Wildman–Crippen LogP) is 3.53. The van der Waals surface area contributed by atoms with Crippen LogP contribution in [0.3, 0.4) is 0 Å². The lowest BCUT2D eigenvalue weighted by Crippen LogP contribution is -2.20. The van der Waals surface area contributed by atoms with Gasteiger partial charge in [-0.2, -0.15) is 11.8 Å². The highest BCUT2D eigenvalue weighted by Gasteiger charge is 2.08. The first-order valence-electron chi connectivity index (χ1n) is 5.58. The summed E-state index contributed by atoms with van der Waals surface area (Å²) in [6, 6.07) is 4.22. The van der Waals surface area contributed by atoms with Crippen molar-refractivity contribution >= 4 is 23.4 Å². The molecule has 0 bridgehead atoms. The van der Waals surface area contributed by atoms with Crippen LogP contribution >= 0.6 is 23.4 Å². The minimum absolute atomic E-state index is 0.274. The summed E-state index contributed by atoms with van der Waals surface area (Å²) in [5, 5.41) is 4.07. The van der Waals surface area contributed by atoms with Crippen LogP contribution in [0.15, 0.2) is 18.3 Å². The van der Waals surface area contributed by atoms with Gasteiger partial charge in [0, 0.05) is 17.8 Å². The highest BCUT2D eigenvalue weighted by atomic mass is 35.5. The summed E-state index contributed by atoms with van der Waals surface area (Å²) in [6.45, 7) is 3.16. The predicted molar refractivity (Wildman–Crippen MR) is 73.3 cm³/mol. The highest BCUT2D eigenvalue weighted by Crippen LogP contribution is 2.19. The number of unbranched alkanes of at least 4 members (excludes halogenated alkanes) is 1. The Morgan fingerprint density at radius 2 is 2.31 bits per heavy atom. The van der Waals surface area contributed by atoms with Gasteiger partial charge in [0.25, 0.3) is 0 Å². The first-order valence-corrected chi connectivity index (χ1v) is 7.35. The molecule has 0 radical (unpaired) electrons. The minimum Gasteiger partial charge on any atom is -0.310 e. The fourth-order valence-electron chi connectivity index (χ4n) is 1.52. The molecule has 0 amide bonds. The van der Waals surface area contributed by atoms with E-state index in [9.17, 15) is 0 Å². The van der Waals surface area contributed by atoms with E-state index in [-0.39, 0.29) is 6.04 Å². The van der Waals surface area contributed by atoms with Gasteiger partial charge < -0.3 is 5.32 Å². The van der Waals surface area contributed by atoms with E-state index < -0.39 is 0 Å². The van der Waals surface area contributed by atoms with Crippen molar-refractivity contribution in [3.63, 3.8) is 0 Å². The zero-order chi connectivity index (χ0) is 11.8. The smallest absolute Gasteiger partial charge is 0.133 e. The van der Waals surface area contributed by atoms with Crippen molar-refractivity contribution in [3.05, 3.63) is 29.0 Å². The molecule has 1 aromatic heterocycles. The van der Waals surface area contributed by atoms with Gasteiger partial charge in [-0.1, -0.05) is 17.7 Å². The standard InChI is InChI=1S/C12H19ClN2S/c1-10(14-7-3-4-9-16-2)11-6-5-8-15-12(11)13/h5-6,8,10,14H,3-4,7,9H2,1-2H3. The number of hydrogen-bond donors (Lipinski definition) is 1. The van der Waals surface area contributed by atoms with E-state index in [0.29, 0.717) is 5.15 Å². The number of thioether (sulfide) groups is 1. The van der Waals surface area contributed by atoms with Crippen molar-refractivity contribution in [2.24, 2.45) is 0 Å². The maximum atomic E-state index is 6.03. The normalized spacial score (nSPS) is 12.7. The molecule has 0 aliphatic rings. The second-order valence-electron chi connectivity index (χ2n) is 3.76. The number of hydrogen-bond acceptors (Lipinski definition) is 3. The number of pyridine rings is 1. The molecule has 0 aliphatic heterocycles. The van der Waals surface area contributed by atoms with Crippen LogP contribution in [-0.4, -0.2) is 23.5 Å². The van der Waals surface area contributed by atoms with Crippen LogP contribution in [0.5, 0.6) is 0 Å². The third-order valence-corrected chi connectivity index (χ3v) is 3.49. The van der Waals surface area contributed by atoms with E-state index in [4.69, 9.17) is 11.6 Å². The fourth-order valence-corrected chi connectivity index (χ4v) is 2.30. The van der Waals surface area contributed by atoms with Crippen LogP contribution in [0.2, 0.25) is 5.15 Å². The van der Waals surface area contributed by atoms with Crippen LogP contribution in [0.25, 0.3) is 0 Å². The summed E-state index contributed by atoms with van der Waals surface area (Å²) < 4.78 is 0. The first-order chi connectivity index (χ1) is 7.75. The molecule has 2 nitrogen and oxygen atoms in total.